The molecule has 0 saturated heterocycles. The van der Waals surface area contributed by atoms with Gasteiger partial charge in [-0.05, 0) is 29.8 Å². The summed E-state index contributed by atoms with van der Waals surface area (Å²) in [6.07, 6.45) is 0. The summed E-state index contributed by atoms with van der Waals surface area (Å²) in [7, 11) is 0. The number of fused-ring (bicyclic) bond motifs is 1. The molecular formula is C21H12F3NO3. The van der Waals surface area contributed by atoms with E-state index in [9.17, 15) is 22.8 Å². The highest BCUT2D eigenvalue weighted by Gasteiger charge is 2.34. The summed E-state index contributed by atoms with van der Waals surface area (Å²) >= 11 is 0. The second kappa shape index (κ2) is 6.84. The van der Waals surface area contributed by atoms with E-state index >= 15 is 0 Å². The van der Waals surface area contributed by atoms with Crippen molar-refractivity contribution in [3.63, 3.8) is 0 Å². The number of nitrogens with zero attached hydrogens (tertiary/aromatic N) is 1. The van der Waals surface area contributed by atoms with Crippen LogP contribution in [0.25, 0.3) is 0 Å². The van der Waals surface area contributed by atoms with Crippen molar-refractivity contribution in [2.45, 2.75) is 6.54 Å². The van der Waals surface area contributed by atoms with Crippen LogP contribution in [0.5, 0.6) is 11.5 Å². The summed E-state index contributed by atoms with van der Waals surface area (Å²) in [5.41, 5.74) is 1.40. The summed E-state index contributed by atoms with van der Waals surface area (Å²) in [6.45, 7) is 0.0758. The molecule has 7 heteroatoms. The molecule has 3 aromatic carbocycles. The number of hydrogen-bond acceptors (Lipinski definition) is 3. The normalized spacial score (nSPS) is 13.0. The Morgan fingerprint density at radius 1 is 0.750 bits per heavy atom. The van der Waals surface area contributed by atoms with Crippen LogP contribution < -0.4 is 4.74 Å². The van der Waals surface area contributed by atoms with Crippen molar-refractivity contribution < 1.29 is 27.5 Å². The Hall–Kier alpha value is -3.61. The van der Waals surface area contributed by atoms with Gasteiger partial charge in [0.1, 0.15) is 11.5 Å². The number of ether oxygens (including phenoxy) is 1. The van der Waals surface area contributed by atoms with E-state index in [1.807, 2.05) is 0 Å². The van der Waals surface area contributed by atoms with Crippen molar-refractivity contribution in [2.75, 3.05) is 0 Å². The van der Waals surface area contributed by atoms with Crippen LogP contribution in [0.2, 0.25) is 0 Å². The molecule has 1 heterocycles. The van der Waals surface area contributed by atoms with Gasteiger partial charge in [-0.1, -0.05) is 24.3 Å². The first-order valence-corrected chi connectivity index (χ1v) is 8.30. The fourth-order valence-electron chi connectivity index (χ4n) is 2.96. The zero-order valence-corrected chi connectivity index (χ0v) is 14.3. The van der Waals surface area contributed by atoms with E-state index < -0.39 is 17.5 Å². The zero-order valence-electron chi connectivity index (χ0n) is 14.3. The van der Waals surface area contributed by atoms with E-state index in [-0.39, 0.29) is 29.9 Å². The standard InChI is InChI=1S/C21H12F3NO3/c22-17-9-14(10-18(23)19(17)24)28-13-7-5-12(6-8-13)11-25-20(26)15-3-1-2-4-16(15)21(25)27/h1-10H,11H2. The Morgan fingerprint density at radius 2 is 1.29 bits per heavy atom. The number of carbonyl (C=O) groups is 2. The number of amides is 2. The van der Waals surface area contributed by atoms with E-state index in [1.165, 1.54) is 12.1 Å². The van der Waals surface area contributed by atoms with Crippen LogP contribution in [0.3, 0.4) is 0 Å². The van der Waals surface area contributed by atoms with E-state index in [0.29, 0.717) is 16.7 Å². The lowest BCUT2D eigenvalue weighted by molar-refractivity contribution is 0.0642. The molecule has 1 aliphatic rings. The largest absolute Gasteiger partial charge is 0.457 e. The number of benzene rings is 3. The molecule has 0 radical (unpaired) electrons. The van der Waals surface area contributed by atoms with E-state index in [2.05, 4.69) is 0 Å². The lowest BCUT2D eigenvalue weighted by Crippen LogP contribution is -2.29. The maximum atomic E-state index is 13.3. The highest BCUT2D eigenvalue weighted by Crippen LogP contribution is 2.27. The van der Waals surface area contributed by atoms with Gasteiger partial charge in [-0.2, -0.15) is 0 Å². The molecule has 4 nitrogen and oxygen atoms in total. The highest BCUT2D eigenvalue weighted by molar-refractivity contribution is 6.21. The van der Waals surface area contributed by atoms with Crippen LogP contribution >= 0.6 is 0 Å². The van der Waals surface area contributed by atoms with Gasteiger partial charge in [-0.25, -0.2) is 13.2 Å². The summed E-state index contributed by atoms with van der Waals surface area (Å²) in [5.74, 6) is -4.92. The fourth-order valence-corrected chi connectivity index (χ4v) is 2.96. The number of rotatable bonds is 4. The maximum absolute atomic E-state index is 13.3. The Kier molecular flexibility index (Phi) is 4.35. The molecule has 0 fully saturated rings. The van der Waals surface area contributed by atoms with Crippen LogP contribution in [0.15, 0.2) is 60.7 Å². The molecule has 0 atom stereocenters. The van der Waals surface area contributed by atoms with Gasteiger partial charge in [0.2, 0.25) is 0 Å². The number of halogens is 3. The SMILES string of the molecule is O=C1c2ccccc2C(=O)N1Cc1ccc(Oc2cc(F)c(F)c(F)c2)cc1. The fraction of sp³-hybridized carbons (Fsp3) is 0.0476. The van der Waals surface area contributed by atoms with Crippen LogP contribution in [0.4, 0.5) is 13.2 Å². The van der Waals surface area contributed by atoms with Crippen LogP contribution in [-0.2, 0) is 6.54 Å². The van der Waals surface area contributed by atoms with E-state index in [4.69, 9.17) is 4.74 Å². The summed E-state index contributed by atoms with van der Waals surface area (Å²) in [5, 5.41) is 0. The van der Waals surface area contributed by atoms with Gasteiger partial charge in [0, 0.05) is 12.1 Å². The van der Waals surface area contributed by atoms with Gasteiger partial charge in [0.25, 0.3) is 11.8 Å². The predicted molar refractivity (Wildman–Crippen MR) is 93.5 cm³/mol. The molecule has 3 aromatic rings. The first-order chi connectivity index (χ1) is 13.4. The first-order valence-electron chi connectivity index (χ1n) is 8.30. The molecule has 0 aromatic heterocycles. The molecule has 0 saturated carbocycles. The summed E-state index contributed by atoms with van der Waals surface area (Å²) in [4.78, 5) is 25.9. The van der Waals surface area contributed by atoms with Gasteiger partial charge < -0.3 is 4.74 Å². The quantitative estimate of drug-likeness (QED) is 0.485. The molecule has 0 unspecified atom stereocenters. The predicted octanol–water partition coefficient (Wildman–Crippen LogP) is 4.69. The molecule has 28 heavy (non-hydrogen) atoms. The molecule has 2 amide bonds. The molecule has 0 N–H and O–H groups in total. The molecular weight excluding hydrogens is 371 g/mol. The van der Waals surface area contributed by atoms with Gasteiger partial charge in [-0.3, -0.25) is 14.5 Å². The topological polar surface area (TPSA) is 46.6 Å². The molecule has 0 spiro atoms. The Morgan fingerprint density at radius 3 is 1.82 bits per heavy atom. The van der Waals surface area contributed by atoms with Crippen molar-refractivity contribution in [3.8, 4) is 11.5 Å². The van der Waals surface area contributed by atoms with Crippen LogP contribution in [-0.4, -0.2) is 16.7 Å². The van der Waals surface area contributed by atoms with Crippen molar-refractivity contribution in [1.82, 2.24) is 4.90 Å². The second-order valence-electron chi connectivity index (χ2n) is 6.19. The molecule has 0 aliphatic carbocycles. The Labute approximate surface area is 157 Å². The van der Waals surface area contributed by atoms with Crippen molar-refractivity contribution in [3.05, 3.63) is 94.8 Å². The number of carbonyl (C=O) groups excluding carboxylic acids is 2. The molecule has 1 aliphatic heterocycles. The average molecular weight is 383 g/mol. The minimum absolute atomic E-state index is 0.0758. The molecule has 140 valence electrons. The number of hydrogen-bond donors (Lipinski definition) is 0. The average Bonchev–Trinajstić information content (AvgIpc) is 2.93. The minimum atomic E-state index is -1.57. The lowest BCUT2D eigenvalue weighted by atomic mass is 10.1. The van der Waals surface area contributed by atoms with Gasteiger partial charge in [-0.15, -0.1) is 0 Å². The third-order valence-corrected chi connectivity index (χ3v) is 4.34. The second-order valence-corrected chi connectivity index (χ2v) is 6.19. The van der Waals surface area contributed by atoms with E-state index in [0.717, 1.165) is 17.0 Å². The van der Waals surface area contributed by atoms with Gasteiger partial charge >= 0.3 is 0 Å². The van der Waals surface area contributed by atoms with Crippen molar-refractivity contribution >= 4 is 11.8 Å². The third-order valence-electron chi connectivity index (χ3n) is 4.34. The number of imide groups is 1. The monoisotopic (exact) mass is 383 g/mol. The van der Waals surface area contributed by atoms with Crippen LogP contribution in [0, 0.1) is 17.5 Å². The summed E-state index contributed by atoms with van der Waals surface area (Å²) < 4.78 is 44.8. The van der Waals surface area contributed by atoms with E-state index in [1.54, 1.807) is 36.4 Å². The molecule has 4 rings (SSSR count). The van der Waals surface area contributed by atoms with Crippen LogP contribution in [0.1, 0.15) is 26.3 Å². The highest BCUT2D eigenvalue weighted by atomic mass is 19.2. The van der Waals surface area contributed by atoms with Gasteiger partial charge in [0.05, 0.1) is 17.7 Å². The third kappa shape index (κ3) is 3.11. The first kappa shape index (κ1) is 17.8. The smallest absolute Gasteiger partial charge is 0.261 e. The maximum Gasteiger partial charge on any atom is 0.261 e. The van der Waals surface area contributed by atoms with Crippen molar-refractivity contribution in [2.24, 2.45) is 0 Å². The Bertz CT molecular complexity index is 1040. The summed E-state index contributed by atoms with van der Waals surface area (Å²) in [6, 6.07) is 14.4. The lowest BCUT2D eigenvalue weighted by Gasteiger charge is -2.14. The minimum Gasteiger partial charge on any atom is -0.457 e. The molecule has 0 bridgehead atoms. The van der Waals surface area contributed by atoms with Gasteiger partial charge in [0.15, 0.2) is 17.5 Å². The Balaban J connectivity index is 1.49. The van der Waals surface area contributed by atoms with Crippen molar-refractivity contribution in [1.29, 1.82) is 0 Å². The zero-order chi connectivity index (χ0) is 19.8.